The van der Waals surface area contributed by atoms with Crippen LogP contribution in [0.5, 0.6) is 0 Å². The van der Waals surface area contributed by atoms with Crippen LogP contribution in [0.15, 0.2) is 18.5 Å². The molecule has 112 valence electrons. The van der Waals surface area contributed by atoms with Crippen LogP contribution in [-0.4, -0.2) is 4.98 Å². The summed E-state index contributed by atoms with van der Waals surface area (Å²) < 4.78 is 13.9. The second-order valence-corrected chi connectivity index (χ2v) is 5.96. The lowest BCUT2D eigenvalue weighted by molar-refractivity contribution is 0.211. The van der Waals surface area contributed by atoms with Gasteiger partial charge in [0.05, 0.1) is 12.2 Å². The van der Waals surface area contributed by atoms with Gasteiger partial charge >= 0.3 is 0 Å². The van der Waals surface area contributed by atoms with Crippen LogP contribution in [0.4, 0.5) is 4.39 Å². The smallest absolute Gasteiger partial charge is 0.146 e. The van der Waals surface area contributed by atoms with E-state index in [4.69, 9.17) is 5.84 Å². The van der Waals surface area contributed by atoms with Crippen LogP contribution in [0, 0.1) is 17.7 Å². The lowest BCUT2D eigenvalue weighted by atomic mass is 9.75. The van der Waals surface area contributed by atoms with E-state index in [9.17, 15) is 4.39 Å². The van der Waals surface area contributed by atoms with Gasteiger partial charge in [0.2, 0.25) is 0 Å². The Labute approximate surface area is 121 Å². The maximum atomic E-state index is 13.9. The summed E-state index contributed by atoms with van der Waals surface area (Å²) >= 11 is 0. The third-order valence-corrected chi connectivity index (χ3v) is 4.65. The van der Waals surface area contributed by atoms with Crippen LogP contribution >= 0.6 is 0 Å². The van der Waals surface area contributed by atoms with Crippen LogP contribution in [0.3, 0.4) is 0 Å². The lowest BCUT2D eigenvalue weighted by Gasteiger charge is -2.34. The standard InChI is InChI=1S/C16H26FN3/c1-2-3-4-12-5-7-13(8-6-12)16(20-18)14-9-10-19-11-15(14)17/h9-13,16,20H,2-8,18H2,1H3. The first-order valence-corrected chi connectivity index (χ1v) is 7.81. The van der Waals surface area contributed by atoms with Gasteiger partial charge in [-0.3, -0.25) is 16.3 Å². The number of halogens is 1. The van der Waals surface area contributed by atoms with Gasteiger partial charge in [-0.2, -0.15) is 0 Å². The zero-order valence-electron chi connectivity index (χ0n) is 12.3. The summed E-state index contributed by atoms with van der Waals surface area (Å²) in [4.78, 5) is 3.81. The van der Waals surface area contributed by atoms with Crippen molar-refractivity contribution in [2.24, 2.45) is 17.7 Å². The molecule has 1 fully saturated rings. The largest absolute Gasteiger partial charge is 0.271 e. The van der Waals surface area contributed by atoms with E-state index in [1.54, 1.807) is 12.3 Å². The molecule has 1 unspecified atom stereocenters. The van der Waals surface area contributed by atoms with E-state index >= 15 is 0 Å². The Morgan fingerprint density at radius 1 is 1.40 bits per heavy atom. The monoisotopic (exact) mass is 279 g/mol. The third kappa shape index (κ3) is 3.76. The number of hydrogen-bond donors (Lipinski definition) is 2. The summed E-state index contributed by atoms with van der Waals surface area (Å²) in [5.74, 6) is 6.70. The van der Waals surface area contributed by atoms with E-state index in [-0.39, 0.29) is 11.9 Å². The van der Waals surface area contributed by atoms with Gasteiger partial charge in [-0.1, -0.05) is 39.0 Å². The van der Waals surface area contributed by atoms with Crippen molar-refractivity contribution in [3.8, 4) is 0 Å². The van der Waals surface area contributed by atoms with Crippen LogP contribution in [0.1, 0.15) is 63.5 Å². The molecule has 0 spiro atoms. The van der Waals surface area contributed by atoms with Crippen molar-refractivity contribution in [1.82, 2.24) is 10.4 Å². The molecule has 0 radical (unpaired) electrons. The second kappa shape index (κ2) is 7.70. The van der Waals surface area contributed by atoms with E-state index in [1.807, 2.05) is 0 Å². The molecule has 20 heavy (non-hydrogen) atoms. The van der Waals surface area contributed by atoms with Gasteiger partial charge in [0.1, 0.15) is 5.82 Å². The fourth-order valence-corrected chi connectivity index (χ4v) is 3.42. The molecule has 1 aromatic heterocycles. The van der Waals surface area contributed by atoms with Crippen molar-refractivity contribution in [2.75, 3.05) is 0 Å². The number of pyridine rings is 1. The summed E-state index contributed by atoms with van der Waals surface area (Å²) in [6, 6.07) is 1.65. The molecule has 0 saturated heterocycles. The fraction of sp³-hybridized carbons (Fsp3) is 0.688. The number of aromatic nitrogens is 1. The van der Waals surface area contributed by atoms with Crippen LogP contribution in [-0.2, 0) is 0 Å². The van der Waals surface area contributed by atoms with Gasteiger partial charge < -0.3 is 0 Å². The highest BCUT2D eigenvalue weighted by Crippen LogP contribution is 2.38. The summed E-state index contributed by atoms with van der Waals surface area (Å²) in [6.07, 6.45) is 11.6. The molecule has 1 aliphatic carbocycles. The molecule has 0 aliphatic heterocycles. The van der Waals surface area contributed by atoms with E-state index < -0.39 is 0 Å². The summed E-state index contributed by atoms with van der Waals surface area (Å²) in [6.45, 7) is 2.24. The molecule has 0 amide bonds. The first kappa shape index (κ1) is 15.4. The van der Waals surface area contributed by atoms with Gasteiger partial charge in [-0.25, -0.2) is 4.39 Å². The van der Waals surface area contributed by atoms with Crippen molar-refractivity contribution in [3.05, 3.63) is 29.8 Å². The minimum Gasteiger partial charge on any atom is -0.271 e. The number of nitrogens with two attached hydrogens (primary N) is 1. The highest BCUT2D eigenvalue weighted by Gasteiger charge is 2.29. The van der Waals surface area contributed by atoms with Gasteiger partial charge in [0, 0.05) is 11.8 Å². The number of nitrogens with one attached hydrogen (secondary N) is 1. The molecule has 1 saturated carbocycles. The summed E-state index contributed by atoms with van der Waals surface area (Å²) in [5.41, 5.74) is 3.47. The van der Waals surface area contributed by atoms with Crippen molar-refractivity contribution in [3.63, 3.8) is 0 Å². The molecule has 3 nitrogen and oxygen atoms in total. The van der Waals surface area contributed by atoms with Gasteiger partial charge in [-0.15, -0.1) is 0 Å². The van der Waals surface area contributed by atoms with Gasteiger partial charge in [0.15, 0.2) is 0 Å². The van der Waals surface area contributed by atoms with Crippen LogP contribution < -0.4 is 11.3 Å². The first-order chi connectivity index (χ1) is 9.76. The number of unbranched alkanes of at least 4 members (excludes halogenated alkanes) is 1. The maximum absolute atomic E-state index is 13.9. The van der Waals surface area contributed by atoms with Crippen molar-refractivity contribution in [2.45, 2.75) is 57.9 Å². The van der Waals surface area contributed by atoms with E-state index in [0.717, 1.165) is 18.8 Å². The topological polar surface area (TPSA) is 50.9 Å². The first-order valence-electron chi connectivity index (χ1n) is 7.81. The van der Waals surface area contributed by atoms with Crippen molar-refractivity contribution >= 4 is 0 Å². The molecule has 1 aliphatic rings. The molecule has 0 aromatic carbocycles. The summed E-state index contributed by atoms with van der Waals surface area (Å²) in [5, 5.41) is 0. The van der Waals surface area contributed by atoms with E-state index in [1.165, 1.54) is 38.3 Å². The Kier molecular flexibility index (Phi) is 5.92. The molecule has 2 rings (SSSR count). The normalized spacial score (nSPS) is 24.6. The number of hydrogen-bond acceptors (Lipinski definition) is 3. The zero-order valence-corrected chi connectivity index (χ0v) is 12.3. The van der Waals surface area contributed by atoms with Crippen LogP contribution in [0.25, 0.3) is 0 Å². The van der Waals surface area contributed by atoms with Crippen molar-refractivity contribution in [1.29, 1.82) is 0 Å². The van der Waals surface area contributed by atoms with E-state index in [0.29, 0.717) is 11.5 Å². The highest BCUT2D eigenvalue weighted by atomic mass is 19.1. The number of nitrogens with zero attached hydrogens (tertiary/aromatic N) is 1. The quantitative estimate of drug-likeness (QED) is 0.616. The van der Waals surface area contributed by atoms with E-state index in [2.05, 4.69) is 17.3 Å². The second-order valence-electron chi connectivity index (χ2n) is 5.96. The molecule has 1 aromatic rings. The van der Waals surface area contributed by atoms with Crippen molar-refractivity contribution < 1.29 is 4.39 Å². The van der Waals surface area contributed by atoms with Crippen LogP contribution in [0.2, 0.25) is 0 Å². The zero-order chi connectivity index (χ0) is 14.4. The predicted octanol–water partition coefficient (Wildman–Crippen LogP) is 3.72. The minimum atomic E-state index is -0.261. The molecule has 1 atom stereocenters. The minimum absolute atomic E-state index is 0.0925. The number of rotatable bonds is 6. The Bertz CT molecular complexity index is 402. The number of hydrazine groups is 1. The fourth-order valence-electron chi connectivity index (χ4n) is 3.42. The maximum Gasteiger partial charge on any atom is 0.146 e. The summed E-state index contributed by atoms with van der Waals surface area (Å²) in [7, 11) is 0. The Morgan fingerprint density at radius 2 is 2.15 bits per heavy atom. The Balaban J connectivity index is 1.95. The average Bonchev–Trinajstić information content (AvgIpc) is 2.49. The third-order valence-electron chi connectivity index (χ3n) is 4.65. The Morgan fingerprint density at radius 3 is 2.75 bits per heavy atom. The average molecular weight is 279 g/mol. The van der Waals surface area contributed by atoms with Gasteiger partial charge in [-0.05, 0) is 30.7 Å². The Hall–Kier alpha value is -1.00. The highest BCUT2D eigenvalue weighted by molar-refractivity contribution is 5.18. The molecule has 0 bridgehead atoms. The lowest BCUT2D eigenvalue weighted by Crippen LogP contribution is -2.36. The SMILES string of the molecule is CCCCC1CCC(C(NN)c2ccncc2F)CC1. The molecule has 3 N–H and O–H groups in total. The predicted molar refractivity (Wildman–Crippen MR) is 79.2 cm³/mol. The van der Waals surface area contributed by atoms with Gasteiger partial charge in [0.25, 0.3) is 0 Å². The molecule has 4 heteroatoms. The molecule has 1 heterocycles. The molecular weight excluding hydrogens is 253 g/mol. The molecular formula is C16H26FN3.